The summed E-state index contributed by atoms with van der Waals surface area (Å²) in [4.78, 5) is 6.91. The number of hydrogen-bond donors (Lipinski definition) is 0. The van der Waals surface area contributed by atoms with Gasteiger partial charge in [0.05, 0.1) is 0 Å². The molecule has 1 aromatic carbocycles. The van der Waals surface area contributed by atoms with Gasteiger partial charge in [-0.25, -0.2) is 0 Å². The van der Waals surface area contributed by atoms with Crippen molar-refractivity contribution in [2.24, 2.45) is 17.8 Å². The molecule has 4 heteroatoms. The Balaban J connectivity index is 0.00000210. The summed E-state index contributed by atoms with van der Waals surface area (Å²) in [7, 11) is -1.71. The van der Waals surface area contributed by atoms with Crippen molar-refractivity contribution in [1.82, 2.24) is 0 Å². The molecular formula is C26H41NSSiTi. The molecule has 2 aliphatic rings. The number of rotatable bonds is 2. The molecule has 0 radical (unpaired) electrons. The summed E-state index contributed by atoms with van der Waals surface area (Å²) in [5.41, 5.74) is 2.43. The maximum Gasteiger partial charge on any atom is 4.00 e. The minimum Gasteiger partial charge on any atom is -0.660 e. The van der Waals surface area contributed by atoms with Crippen molar-refractivity contribution in [2.75, 3.05) is 0 Å². The Morgan fingerprint density at radius 1 is 0.967 bits per heavy atom. The number of allylic oxidation sites excluding steroid dienone is 1. The van der Waals surface area contributed by atoms with E-state index >= 15 is 0 Å². The fourth-order valence-electron chi connectivity index (χ4n) is 6.08. The second kappa shape index (κ2) is 10.2. The molecule has 5 unspecified atom stereocenters. The van der Waals surface area contributed by atoms with Gasteiger partial charge in [0.25, 0.3) is 0 Å². The van der Waals surface area contributed by atoms with Gasteiger partial charge >= 0.3 is 21.7 Å². The van der Waals surface area contributed by atoms with Crippen LogP contribution in [0.1, 0.15) is 51.0 Å². The van der Waals surface area contributed by atoms with Crippen molar-refractivity contribution in [2.45, 2.75) is 64.7 Å². The Morgan fingerprint density at radius 2 is 1.57 bits per heavy atom. The molecule has 0 spiro atoms. The Labute approximate surface area is 207 Å². The van der Waals surface area contributed by atoms with Gasteiger partial charge in [-0.05, 0) is 46.8 Å². The van der Waals surface area contributed by atoms with Crippen molar-refractivity contribution in [3.63, 3.8) is 0 Å². The van der Waals surface area contributed by atoms with E-state index in [2.05, 4.69) is 84.1 Å². The average molecular weight is 476 g/mol. The van der Waals surface area contributed by atoms with Crippen LogP contribution in [0.2, 0.25) is 18.6 Å². The molecule has 1 saturated carbocycles. The van der Waals surface area contributed by atoms with E-state index in [1.54, 1.807) is 5.56 Å². The molecular weight excluding hydrogens is 434 g/mol. The number of fused-ring (bicyclic) bond motifs is 5. The summed E-state index contributed by atoms with van der Waals surface area (Å²) in [5, 5.41) is 1.50. The predicted molar refractivity (Wildman–Crippen MR) is 139 cm³/mol. The van der Waals surface area contributed by atoms with Gasteiger partial charge in [0, 0.05) is 9.58 Å². The summed E-state index contributed by atoms with van der Waals surface area (Å²) in [6.45, 7) is 16.8. The maximum atomic E-state index is 5.41. The molecule has 1 aromatic heterocycles. The normalized spacial score (nSPS) is 27.1. The van der Waals surface area contributed by atoms with E-state index < -0.39 is 8.24 Å². The zero-order valence-electron chi connectivity index (χ0n) is 20.7. The molecule has 0 amide bonds. The topological polar surface area (TPSA) is 14.1 Å². The van der Waals surface area contributed by atoms with Gasteiger partial charge in [-0.2, -0.15) is 0 Å². The van der Waals surface area contributed by atoms with Crippen molar-refractivity contribution >= 4 is 35.7 Å². The van der Waals surface area contributed by atoms with Crippen LogP contribution >= 0.6 is 11.3 Å². The van der Waals surface area contributed by atoms with E-state index in [4.69, 9.17) is 4.98 Å². The third-order valence-electron chi connectivity index (χ3n) is 6.70. The zero-order valence-corrected chi connectivity index (χ0v) is 24.1. The SMILES string of the molecule is CC1C(C)C([Si](C)(C)[N-]C(C)(C)C)C2C=Cc3sc4ccccc4c3C12.[CH3-].[CH3-].[CH3-].[Ti+4]. The van der Waals surface area contributed by atoms with Crippen LogP contribution in [0, 0.1) is 40.0 Å². The molecule has 4 rings (SSSR count). The van der Waals surface area contributed by atoms with Crippen LogP contribution in [0.5, 0.6) is 0 Å². The van der Waals surface area contributed by atoms with Crippen LogP contribution < -0.4 is 0 Å². The van der Waals surface area contributed by atoms with Crippen molar-refractivity contribution in [1.29, 1.82) is 0 Å². The van der Waals surface area contributed by atoms with Crippen LogP contribution in [-0.2, 0) is 21.7 Å². The van der Waals surface area contributed by atoms with Crippen molar-refractivity contribution in [3.8, 4) is 0 Å². The first-order chi connectivity index (χ1) is 12.1. The average Bonchev–Trinajstić information content (AvgIpc) is 3.01. The van der Waals surface area contributed by atoms with Crippen LogP contribution in [0.15, 0.2) is 30.3 Å². The van der Waals surface area contributed by atoms with E-state index in [0.29, 0.717) is 17.8 Å². The molecule has 0 N–H and O–H groups in total. The first kappa shape index (κ1) is 29.8. The number of thiophene rings is 1. The first-order valence-electron chi connectivity index (χ1n) is 10.0. The molecule has 1 fully saturated rings. The van der Waals surface area contributed by atoms with E-state index in [1.165, 1.54) is 15.0 Å². The van der Waals surface area contributed by atoms with Crippen molar-refractivity contribution in [3.05, 3.63) is 68.0 Å². The summed E-state index contributed by atoms with van der Waals surface area (Å²) >= 11 is 1.97. The van der Waals surface area contributed by atoms with Gasteiger partial charge in [0.1, 0.15) is 0 Å². The molecule has 0 bridgehead atoms. The fourth-order valence-corrected chi connectivity index (χ4v) is 12.0. The molecule has 30 heavy (non-hydrogen) atoms. The summed E-state index contributed by atoms with van der Waals surface area (Å²) in [5.74, 6) is 2.76. The van der Waals surface area contributed by atoms with Gasteiger partial charge in [0.2, 0.25) is 0 Å². The van der Waals surface area contributed by atoms with Crippen LogP contribution in [0.25, 0.3) is 21.1 Å². The fraction of sp³-hybridized carbons (Fsp3) is 0.500. The zero-order chi connectivity index (χ0) is 18.9. The second-order valence-corrected chi connectivity index (χ2v) is 15.3. The van der Waals surface area contributed by atoms with E-state index in [0.717, 1.165) is 11.5 Å². The molecule has 1 nitrogen and oxygen atoms in total. The monoisotopic (exact) mass is 475 g/mol. The first-order valence-corrected chi connectivity index (χ1v) is 13.9. The maximum absolute atomic E-state index is 5.41. The summed E-state index contributed by atoms with van der Waals surface area (Å²) < 4.78 is 1.45. The van der Waals surface area contributed by atoms with Crippen LogP contribution in [0.4, 0.5) is 0 Å². The van der Waals surface area contributed by atoms with E-state index in [-0.39, 0.29) is 49.5 Å². The third-order valence-corrected chi connectivity index (χ3v) is 11.6. The molecule has 164 valence electrons. The van der Waals surface area contributed by atoms with Gasteiger partial charge in [-0.15, -0.1) is 16.9 Å². The molecule has 5 atom stereocenters. The van der Waals surface area contributed by atoms with Crippen molar-refractivity contribution < 1.29 is 21.7 Å². The van der Waals surface area contributed by atoms with Gasteiger partial charge in [-0.3, -0.25) is 0 Å². The number of benzene rings is 1. The molecule has 0 aliphatic heterocycles. The van der Waals surface area contributed by atoms with E-state index in [1.807, 2.05) is 11.3 Å². The van der Waals surface area contributed by atoms with Gasteiger partial charge in [-0.1, -0.05) is 85.8 Å². The van der Waals surface area contributed by atoms with Gasteiger partial charge < -0.3 is 27.3 Å². The minimum absolute atomic E-state index is 0. The summed E-state index contributed by atoms with van der Waals surface area (Å²) in [6, 6.07) is 9.01. The quantitative estimate of drug-likeness (QED) is 0.304. The minimum atomic E-state index is -1.71. The van der Waals surface area contributed by atoms with Crippen LogP contribution in [0.3, 0.4) is 0 Å². The molecule has 2 aliphatic carbocycles. The number of hydrogen-bond acceptors (Lipinski definition) is 1. The number of nitrogens with zero attached hydrogens (tertiary/aromatic N) is 1. The Morgan fingerprint density at radius 3 is 2.17 bits per heavy atom. The van der Waals surface area contributed by atoms with Gasteiger partial charge in [0.15, 0.2) is 0 Å². The summed E-state index contributed by atoms with van der Waals surface area (Å²) in [6.07, 6.45) is 4.99. The third kappa shape index (κ3) is 4.91. The van der Waals surface area contributed by atoms with Crippen LogP contribution in [-0.4, -0.2) is 13.8 Å². The Kier molecular flexibility index (Phi) is 10.1. The standard InChI is InChI=1S/C23H32NSSi.3CH3.Ti/c1-14-15(2)22(26(6,7)24-23(3,4)5)17-12-13-19-21(20(14)17)16-10-8-9-11-18(16)25-19;;;;/h8-15,17,20,22H,1-7H3;3*1H3;/q4*-1;+4. The predicted octanol–water partition coefficient (Wildman–Crippen LogP) is 9.01. The Bertz CT molecular complexity index is 864. The largest absolute Gasteiger partial charge is 4.00 e. The molecule has 1 heterocycles. The smallest absolute Gasteiger partial charge is 0.660 e. The van der Waals surface area contributed by atoms with E-state index in [9.17, 15) is 0 Å². The Hall–Kier alpha value is -0.189. The molecule has 2 aromatic rings. The second-order valence-electron chi connectivity index (χ2n) is 10.0. The molecule has 0 saturated heterocycles.